The number of thiophene rings is 1. The molecular formula is C20H23ClN2O2S. The van der Waals surface area contributed by atoms with E-state index in [0.29, 0.717) is 30.3 Å². The van der Waals surface area contributed by atoms with Crippen LogP contribution in [0.4, 0.5) is 0 Å². The Balaban J connectivity index is 1.94. The number of piperidine rings is 1. The fourth-order valence-electron chi connectivity index (χ4n) is 3.19. The van der Waals surface area contributed by atoms with E-state index in [2.05, 4.69) is 25.3 Å². The second-order valence-corrected chi connectivity index (χ2v) is 8.35. The van der Waals surface area contributed by atoms with Gasteiger partial charge in [-0.2, -0.15) is 0 Å². The molecule has 138 valence electrons. The Morgan fingerprint density at radius 2 is 2.12 bits per heavy atom. The molecule has 6 heteroatoms. The van der Waals surface area contributed by atoms with Crippen molar-refractivity contribution in [2.45, 2.75) is 38.5 Å². The topological polar surface area (TPSA) is 53.4 Å². The van der Waals surface area contributed by atoms with Crippen molar-refractivity contribution in [3.8, 4) is 16.9 Å². The third-order valence-corrected chi connectivity index (χ3v) is 6.26. The zero-order valence-electron chi connectivity index (χ0n) is 15.3. The van der Waals surface area contributed by atoms with Crippen molar-refractivity contribution in [1.82, 2.24) is 4.90 Å². The van der Waals surface area contributed by atoms with E-state index in [0.717, 1.165) is 28.2 Å². The van der Waals surface area contributed by atoms with Crippen molar-refractivity contribution in [3.05, 3.63) is 39.5 Å². The molecule has 0 spiro atoms. The average molecular weight is 391 g/mol. The minimum atomic E-state index is -0.341. The third-order valence-electron chi connectivity index (χ3n) is 4.79. The summed E-state index contributed by atoms with van der Waals surface area (Å²) in [4.78, 5) is 14.8. The molecule has 1 aromatic carbocycles. The van der Waals surface area contributed by atoms with Crippen LogP contribution in [0, 0.1) is 5.41 Å². The summed E-state index contributed by atoms with van der Waals surface area (Å²) in [5.74, 6) is 1.18. The van der Waals surface area contributed by atoms with Crippen LogP contribution in [0.25, 0.3) is 11.1 Å². The molecule has 0 radical (unpaired) electrons. The molecule has 0 aliphatic carbocycles. The van der Waals surface area contributed by atoms with Gasteiger partial charge in [0.15, 0.2) is 0 Å². The van der Waals surface area contributed by atoms with Crippen molar-refractivity contribution in [1.29, 1.82) is 5.41 Å². The van der Waals surface area contributed by atoms with Crippen molar-refractivity contribution < 1.29 is 9.53 Å². The first-order valence-corrected chi connectivity index (χ1v) is 9.95. The monoisotopic (exact) mass is 390 g/mol. The molecule has 2 aromatic rings. The highest BCUT2D eigenvalue weighted by atomic mass is 35.5. The summed E-state index contributed by atoms with van der Waals surface area (Å²) in [6, 6.07) is 7.77. The predicted octanol–water partition coefficient (Wildman–Crippen LogP) is 5.34. The highest BCUT2D eigenvalue weighted by molar-refractivity contribution is 7.10. The first-order valence-electron chi connectivity index (χ1n) is 8.70. The Labute approximate surface area is 163 Å². The van der Waals surface area contributed by atoms with Gasteiger partial charge in [0.25, 0.3) is 0 Å². The molecule has 1 atom stereocenters. The summed E-state index contributed by atoms with van der Waals surface area (Å²) in [6.45, 7) is 4.79. The Morgan fingerprint density at radius 3 is 2.81 bits per heavy atom. The molecule has 2 heterocycles. The van der Waals surface area contributed by atoms with E-state index in [1.807, 2.05) is 18.2 Å². The molecule has 0 unspecified atom stereocenters. The molecule has 4 nitrogen and oxygen atoms in total. The molecule has 1 saturated heterocycles. The van der Waals surface area contributed by atoms with Gasteiger partial charge in [0.1, 0.15) is 11.6 Å². The fraction of sp³-hybridized carbons (Fsp3) is 0.400. The normalized spacial score (nSPS) is 20.5. The number of benzene rings is 1. The van der Waals surface area contributed by atoms with Crippen molar-refractivity contribution in [2.24, 2.45) is 0 Å². The summed E-state index contributed by atoms with van der Waals surface area (Å²) < 4.78 is 5.87. The molecule has 1 N–H and O–H groups in total. The van der Waals surface area contributed by atoms with Gasteiger partial charge in [-0.25, -0.2) is 0 Å². The second-order valence-electron chi connectivity index (χ2n) is 7.00. The van der Waals surface area contributed by atoms with E-state index in [9.17, 15) is 4.79 Å². The lowest BCUT2D eigenvalue weighted by Crippen LogP contribution is -2.46. The van der Waals surface area contributed by atoms with E-state index >= 15 is 0 Å². The lowest BCUT2D eigenvalue weighted by atomic mass is 9.78. The van der Waals surface area contributed by atoms with Crippen molar-refractivity contribution in [3.63, 3.8) is 0 Å². The molecular weight excluding hydrogens is 368 g/mol. The lowest BCUT2D eigenvalue weighted by Gasteiger charge is -2.36. The molecule has 1 aliphatic rings. The number of nitrogens with zero attached hydrogens (tertiary/aromatic N) is 1. The number of amides is 1. The van der Waals surface area contributed by atoms with E-state index in [4.69, 9.17) is 21.7 Å². The van der Waals surface area contributed by atoms with Gasteiger partial charge >= 0.3 is 0 Å². The lowest BCUT2D eigenvalue weighted by molar-refractivity contribution is -0.128. The smallest absolute Gasteiger partial charge is 0.228 e. The van der Waals surface area contributed by atoms with Gasteiger partial charge in [0.05, 0.1) is 6.61 Å². The summed E-state index contributed by atoms with van der Waals surface area (Å²) in [7, 11) is 1.67. The van der Waals surface area contributed by atoms with E-state index in [-0.39, 0.29) is 11.3 Å². The van der Waals surface area contributed by atoms with Crippen LogP contribution in [0.1, 0.15) is 38.0 Å². The maximum absolute atomic E-state index is 12.2. The third kappa shape index (κ3) is 3.64. The van der Waals surface area contributed by atoms with Gasteiger partial charge in [0.2, 0.25) is 5.91 Å². The number of halogens is 1. The summed E-state index contributed by atoms with van der Waals surface area (Å²) >= 11 is 7.83. The number of amidine groups is 1. The van der Waals surface area contributed by atoms with Crippen molar-refractivity contribution >= 4 is 34.7 Å². The highest BCUT2D eigenvalue weighted by Crippen LogP contribution is 2.43. The molecule has 3 rings (SSSR count). The molecule has 1 aromatic heterocycles. The highest BCUT2D eigenvalue weighted by Gasteiger charge is 2.39. The minimum Gasteiger partial charge on any atom is -0.493 e. The van der Waals surface area contributed by atoms with Crippen LogP contribution in [0.3, 0.4) is 0 Å². The molecule has 1 aliphatic heterocycles. The number of ether oxygens (including phenoxy) is 1. The van der Waals surface area contributed by atoms with Crippen LogP contribution in [-0.2, 0) is 10.2 Å². The number of hydrogen-bond donors (Lipinski definition) is 1. The Kier molecular flexibility index (Phi) is 5.39. The average Bonchev–Trinajstić information content (AvgIpc) is 3.09. The largest absolute Gasteiger partial charge is 0.493 e. The minimum absolute atomic E-state index is 0.00609. The molecule has 0 bridgehead atoms. The van der Waals surface area contributed by atoms with E-state index < -0.39 is 0 Å². The summed E-state index contributed by atoms with van der Waals surface area (Å²) in [5, 5.41) is 10.9. The second kappa shape index (κ2) is 7.41. The van der Waals surface area contributed by atoms with Crippen LogP contribution in [0.5, 0.6) is 5.75 Å². The number of likely N-dealkylation sites (tertiary alicyclic amines) is 1. The van der Waals surface area contributed by atoms with Gasteiger partial charge in [-0.3, -0.25) is 10.2 Å². The maximum atomic E-state index is 12.2. The number of carbonyl (C=O) groups is 1. The summed E-state index contributed by atoms with van der Waals surface area (Å²) in [6.07, 6.45) is 1.91. The van der Waals surface area contributed by atoms with E-state index in [1.54, 1.807) is 18.4 Å². The van der Waals surface area contributed by atoms with Crippen molar-refractivity contribution in [2.75, 3.05) is 13.7 Å². The quantitative estimate of drug-likeness (QED) is 0.748. The Hall–Kier alpha value is -1.85. The SMILES string of the molecule is CCCOc1ccc(Cl)cc1-c1csc([C@@]2(C)CC(=N)N(C)C(=O)C2)c1. The summed E-state index contributed by atoms with van der Waals surface area (Å²) in [5.41, 5.74) is 1.66. The zero-order valence-corrected chi connectivity index (χ0v) is 16.8. The first-order chi connectivity index (χ1) is 12.3. The predicted molar refractivity (Wildman–Crippen MR) is 108 cm³/mol. The Bertz CT molecular complexity index is 828. The van der Waals surface area contributed by atoms with Gasteiger partial charge < -0.3 is 9.64 Å². The Morgan fingerprint density at radius 1 is 1.35 bits per heavy atom. The van der Waals surface area contributed by atoms with E-state index in [1.165, 1.54) is 4.90 Å². The van der Waals surface area contributed by atoms with Gasteiger partial charge in [-0.1, -0.05) is 25.4 Å². The zero-order chi connectivity index (χ0) is 18.9. The van der Waals surface area contributed by atoms with Gasteiger partial charge in [-0.15, -0.1) is 11.3 Å². The standard InChI is InChI=1S/C20H23ClN2O2S/c1-4-7-25-16-6-5-14(21)9-15(16)13-8-17(26-12-13)20(2)10-18(22)23(3)19(24)11-20/h5-6,8-9,12,22H,4,7,10-11H2,1-3H3/t20-/m0/s1. The number of nitrogens with one attached hydrogen (secondary N) is 1. The number of rotatable bonds is 5. The van der Waals surface area contributed by atoms with Crippen LogP contribution in [-0.4, -0.2) is 30.3 Å². The van der Waals surface area contributed by atoms with Crippen LogP contribution < -0.4 is 4.74 Å². The number of hydrogen-bond acceptors (Lipinski definition) is 4. The fourth-order valence-corrected chi connectivity index (χ4v) is 4.43. The molecule has 0 saturated carbocycles. The molecule has 1 amide bonds. The van der Waals surface area contributed by atoms with Crippen LogP contribution in [0.15, 0.2) is 29.6 Å². The van der Waals surface area contributed by atoms with Crippen LogP contribution in [0.2, 0.25) is 5.02 Å². The molecule has 1 fully saturated rings. The molecule has 26 heavy (non-hydrogen) atoms. The first kappa shape index (κ1) is 18.9. The van der Waals surface area contributed by atoms with Crippen LogP contribution >= 0.6 is 22.9 Å². The van der Waals surface area contributed by atoms with Gasteiger partial charge in [-0.05, 0) is 41.6 Å². The number of carbonyl (C=O) groups excluding carboxylic acids is 1. The maximum Gasteiger partial charge on any atom is 0.228 e. The van der Waals surface area contributed by atoms with Gasteiger partial charge in [0, 0.05) is 40.8 Å².